The maximum absolute atomic E-state index is 13.8. The molecule has 4 atom stereocenters. The van der Waals surface area contributed by atoms with E-state index in [4.69, 9.17) is 9.47 Å². The molecule has 1 aliphatic rings. The van der Waals surface area contributed by atoms with Crippen molar-refractivity contribution >= 4 is 0 Å². The molecular weight excluding hydrogens is 238 g/mol. The largest absolute Gasteiger partial charge is 0.375 e. The van der Waals surface area contributed by atoms with Gasteiger partial charge in [0.1, 0.15) is 0 Å². The van der Waals surface area contributed by atoms with Crippen LogP contribution in [0, 0.1) is 0 Å². The van der Waals surface area contributed by atoms with Gasteiger partial charge in [-0.1, -0.05) is 26.0 Å². The fraction of sp³-hybridized carbons (Fsp3) is 0.857. The van der Waals surface area contributed by atoms with Gasteiger partial charge >= 0.3 is 0 Å². The van der Waals surface area contributed by atoms with E-state index < -0.39 is 24.6 Å². The lowest BCUT2D eigenvalue weighted by Crippen LogP contribution is -2.46. The van der Waals surface area contributed by atoms with Crippen molar-refractivity contribution in [3.05, 3.63) is 12.2 Å². The Bertz CT molecular complexity index is 246. The lowest BCUT2D eigenvalue weighted by molar-refractivity contribution is -0.113. The van der Waals surface area contributed by atoms with Crippen LogP contribution in [0.1, 0.15) is 39.5 Å². The zero-order chi connectivity index (χ0) is 13.4. The highest BCUT2D eigenvalue weighted by Gasteiger charge is 2.41. The van der Waals surface area contributed by atoms with Crippen LogP contribution in [0.15, 0.2) is 12.2 Å². The van der Waals surface area contributed by atoms with Crippen LogP contribution in [0.4, 0.5) is 8.78 Å². The Morgan fingerprint density at radius 1 is 1.00 bits per heavy atom. The first-order chi connectivity index (χ1) is 8.70. The highest BCUT2D eigenvalue weighted by Crippen LogP contribution is 2.29. The smallest absolute Gasteiger partial charge is 0.160 e. The van der Waals surface area contributed by atoms with Gasteiger partial charge in [0.05, 0.1) is 18.8 Å². The van der Waals surface area contributed by atoms with Gasteiger partial charge in [-0.05, 0) is 25.7 Å². The molecule has 0 N–H and O–H groups in total. The van der Waals surface area contributed by atoms with Crippen molar-refractivity contribution in [1.29, 1.82) is 0 Å². The molecule has 0 aromatic carbocycles. The number of allylic oxidation sites excluding steroid dienone is 1. The molecule has 0 radical (unpaired) electrons. The van der Waals surface area contributed by atoms with Crippen LogP contribution in [0.3, 0.4) is 0 Å². The Labute approximate surface area is 108 Å². The summed E-state index contributed by atoms with van der Waals surface area (Å²) in [5.74, 6) is 0. The van der Waals surface area contributed by atoms with Crippen LogP contribution in [-0.4, -0.2) is 37.8 Å². The predicted octanol–water partition coefficient (Wildman–Crippen LogP) is 3.60. The number of rotatable bonds is 7. The SMILES string of the molecule is CC/C=C\COC1CCC(OCCC)C(F)C1F. The summed E-state index contributed by atoms with van der Waals surface area (Å²) >= 11 is 0. The average Bonchev–Trinajstić information content (AvgIpc) is 2.38. The van der Waals surface area contributed by atoms with E-state index in [1.807, 2.05) is 26.0 Å². The number of alkyl halides is 2. The van der Waals surface area contributed by atoms with E-state index in [2.05, 4.69) is 0 Å². The molecule has 1 rings (SSSR count). The highest BCUT2D eigenvalue weighted by molar-refractivity contribution is 4.91. The van der Waals surface area contributed by atoms with Crippen LogP contribution < -0.4 is 0 Å². The van der Waals surface area contributed by atoms with Crippen molar-refractivity contribution in [2.24, 2.45) is 0 Å². The molecule has 0 aliphatic heterocycles. The van der Waals surface area contributed by atoms with Crippen molar-refractivity contribution in [3.63, 3.8) is 0 Å². The van der Waals surface area contributed by atoms with Crippen LogP contribution in [0.5, 0.6) is 0 Å². The first-order valence-corrected chi connectivity index (χ1v) is 6.87. The predicted molar refractivity (Wildman–Crippen MR) is 68.2 cm³/mol. The van der Waals surface area contributed by atoms with E-state index in [-0.39, 0.29) is 0 Å². The van der Waals surface area contributed by atoms with Gasteiger partial charge in [-0.2, -0.15) is 0 Å². The monoisotopic (exact) mass is 262 g/mol. The van der Waals surface area contributed by atoms with Crippen molar-refractivity contribution in [3.8, 4) is 0 Å². The molecule has 0 amide bonds. The fourth-order valence-electron chi connectivity index (χ4n) is 2.09. The second kappa shape index (κ2) is 8.59. The maximum atomic E-state index is 13.8. The van der Waals surface area contributed by atoms with Gasteiger partial charge in [0.25, 0.3) is 0 Å². The third-order valence-corrected chi connectivity index (χ3v) is 3.10. The molecular formula is C14H24F2O2. The maximum Gasteiger partial charge on any atom is 0.160 e. The highest BCUT2D eigenvalue weighted by atomic mass is 19.2. The van der Waals surface area contributed by atoms with E-state index in [1.165, 1.54) is 0 Å². The second-order valence-corrected chi connectivity index (χ2v) is 4.63. The molecule has 0 spiro atoms. The molecule has 0 heterocycles. The van der Waals surface area contributed by atoms with Gasteiger partial charge in [-0.15, -0.1) is 0 Å². The van der Waals surface area contributed by atoms with Gasteiger partial charge in [0.2, 0.25) is 0 Å². The summed E-state index contributed by atoms with van der Waals surface area (Å²) in [5, 5.41) is 0. The molecule has 1 saturated carbocycles. The quantitative estimate of drug-likeness (QED) is 0.653. The van der Waals surface area contributed by atoms with Crippen molar-refractivity contribution in [2.45, 2.75) is 64.1 Å². The normalized spacial score (nSPS) is 33.1. The minimum absolute atomic E-state index is 0.353. The van der Waals surface area contributed by atoms with E-state index >= 15 is 0 Å². The molecule has 4 unspecified atom stereocenters. The summed E-state index contributed by atoms with van der Waals surface area (Å²) in [6.45, 7) is 4.81. The standard InChI is InChI=1S/C14H24F2O2/c1-3-5-6-10-18-12-8-7-11(17-9-4-2)13(15)14(12)16/h5-6,11-14H,3-4,7-10H2,1-2H3/b6-5-. The Hall–Kier alpha value is -0.480. The third-order valence-electron chi connectivity index (χ3n) is 3.10. The van der Waals surface area contributed by atoms with E-state index in [0.717, 1.165) is 12.8 Å². The minimum Gasteiger partial charge on any atom is -0.375 e. The molecule has 0 bridgehead atoms. The number of hydrogen-bond acceptors (Lipinski definition) is 2. The molecule has 1 aliphatic carbocycles. The van der Waals surface area contributed by atoms with Gasteiger partial charge in [0, 0.05) is 6.61 Å². The molecule has 1 fully saturated rings. The Balaban J connectivity index is 2.35. The van der Waals surface area contributed by atoms with Crippen LogP contribution >= 0.6 is 0 Å². The van der Waals surface area contributed by atoms with Crippen molar-refractivity contribution in [2.75, 3.05) is 13.2 Å². The average molecular weight is 262 g/mol. The van der Waals surface area contributed by atoms with E-state index in [1.54, 1.807) is 0 Å². The first kappa shape index (κ1) is 15.6. The van der Waals surface area contributed by atoms with E-state index in [0.29, 0.717) is 26.1 Å². The van der Waals surface area contributed by atoms with Crippen LogP contribution in [0.2, 0.25) is 0 Å². The molecule has 0 saturated heterocycles. The van der Waals surface area contributed by atoms with Crippen LogP contribution in [0.25, 0.3) is 0 Å². The van der Waals surface area contributed by atoms with Gasteiger partial charge < -0.3 is 9.47 Å². The summed E-state index contributed by atoms with van der Waals surface area (Å²) in [5.41, 5.74) is 0. The lowest BCUT2D eigenvalue weighted by Gasteiger charge is -2.34. The molecule has 0 aromatic rings. The minimum atomic E-state index is -1.57. The van der Waals surface area contributed by atoms with Crippen molar-refractivity contribution < 1.29 is 18.3 Å². The zero-order valence-electron chi connectivity index (χ0n) is 11.3. The third kappa shape index (κ3) is 4.65. The van der Waals surface area contributed by atoms with Gasteiger partial charge in [-0.25, -0.2) is 8.78 Å². The Morgan fingerprint density at radius 3 is 2.17 bits per heavy atom. The molecule has 4 heteroatoms. The summed E-state index contributed by atoms with van der Waals surface area (Å²) in [6.07, 6.45) is 2.22. The Kier molecular flexibility index (Phi) is 7.44. The van der Waals surface area contributed by atoms with Crippen molar-refractivity contribution in [1.82, 2.24) is 0 Å². The Morgan fingerprint density at radius 2 is 1.61 bits per heavy atom. The number of ether oxygens (including phenoxy) is 2. The summed E-state index contributed by atoms with van der Waals surface area (Å²) < 4.78 is 38.3. The van der Waals surface area contributed by atoms with Crippen LogP contribution in [-0.2, 0) is 9.47 Å². The molecule has 2 nitrogen and oxygen atoms in total. The lowest BCUT2D eigenvalue weighted by atomic mass is 9.91. The molecule has 18 heavy (non-hydrogen) atoms. The molecule has 106 valence electrons. The summed E-state index contributed by atoms with van der Waals surface area (Å²) in [7, 11) is 0. The van der Waals surface area contributed by atoms with Gasteiger partial charge in [0.15, 0.2) is 12.3 Å². The molecule has 0 aromatic heterocycles. The topological polar surface area (TPSA) is 18.5 Å². The van der Waals surface area contributed by atoms with E-state index in [9.17, 15) is 8.78 Å². The van der Waals surface area contributed by atoms with Gasteiger partial charge in [-0.3, -0.25) is 0 Å². The number of hydrogen-bond donors (Lipinski definition) is 0. The number of halogens is 2. The second-order valence-electron chi connectivity index (χ2n) is 4.63. The fourth-order valence-corrected chi connectivity index (χ4v) is 2.09. The zero-order valence-corrected chi connectivity index (χ0v) is 11.3. The first-order valence-electron chi connectivity index (χ1n) is 6.87. The summed E-state index contributed by atoms with van der Waals surface area (Å²) in [6, 6.07) is 0. The summed E-state index contributed by atoms with van der Waals surface area (Å²) in [4.78, 5) is 0.